The van der Waals surface area contributed by atoms with Crippen molar-refractivity contribution in [1.29, 1.82) is 0 Å². The molecule has 1 amide bonds. The molecule has 0 saturated carbocycles. The van der Waals surface area contributed by atoms with Crippen LogP contribution in [0.2, 0.25) is 0 Å². The van der Waals surface area contributed by atoms with E-state index in [4.69, 9.17) is 4.42 Å². The van der Waals surface area contributed by atoms with Gasteiger partial charge in [-0.25, -0.2) is 4.98 Å². The Morgan fingerprint density at radius 1 is 1.21 bits per heavy atom. The molecule has 0 atom stereocenters. The zero-order valence-electron chi connectivity index (χ0n) is 13.3. The van der Waals surface area contributed by atoms with Gasteiger partial charge in [-0.2, -0.15) is 0 Å². The highest BCUT2D eigenvalue weighted by Gasteiger charge is 2.22. The Morgan fingerprint density at radius 3 is 3.00 bits per heavy atom. The first kappa shape index (κ1) is 15.1. The van der Waals surface area contributed by atoms with Crippen LogP contribution < -0.4 is 4.90 Å². The van der Waals surface area contributed by atoms with Gasteiger partial charge in [-0.1, -0.05) is 18.2 Å². The number of hydrogen-bond acceptors (Lipinski definition) is 4. The molecule has 1 aliphatic rings. The molecule has 24 heavy (non-hydrogen) atoms. The molecule has 4 nitrogen and oxygen atoms in total. The Morgan fingerprint density at radius 2 is 2.12 bits per heavy atom. The molecule has 1 aliphatic heterocycles. The summed E-state index contributed by atoms with van der Waals surface area (Å²) in [5.41, 5.74) is 3.12. The summed E-state index contributed by atoms with van der Waals surface area (Å²) in [6.45, 7) is 0.783. The summed E-state index contributed by atoms with van der Waals surface area (Å²) >= 11 is 1.51. The number of fused-ring (bicyclic) bond motifs is 1. The smallest absolute Gasteiger partial charge is 0.233 e. The van der Waals surface area contributed by atoms with Crippen molar-refractivity contribution in [2.24, 2.45) is 0 Å². The predicted octanol–water partition coefficient (Wildman–Crippen LogP) is 4.32. The molecule has 0 unspecified atom stereocenters. The number of para-hydroxylation sites is 1. The van der Waals surface area contributed by atoms with Crippen molar-refractivity contribution in [1.82, 2.24) is 4.98 Å². The Kier molecular flexibility index (Phi) is 4.17. The number of anilines is 1. The molecule has 1 aromatic carbocycles. The van der Waals surface area contributed by atoms with E-state index >= 15 is 0 Å². The highest BCUT2D eigenvalue weighted by Crippen LogP contribution is 2.28. The fraction of sp³-hybridized carbons (Fsp3) is 0.263. The van der Waals surface area contributed by atoms with E-state index in [9.17, 15) is 4.79 Å². The fourth-order valence-electron chi connectivity index (χ4n) is 3.10. The number of nitrogens with zero attached hydrogens (tertiary/aromatic N) is 2. The zero-order valence-corrected chi connectivity index (χ0v) is 14.1. The molecule has 5 heteroatoms. The topological polar surface area (TPSA) is 46.3 Å². The van der Waals surface area contributed by atoms with Gasteiger partial charge in [-0.3, -0.25) is 4.79 Å². The number of hydrogen-bond donors (Lipinski definition) is 0. The number of furan rings is 1. The molecule has 0 bridgehead atoms. The van der Waals surface area contributed by atoms with Crippen LogP contribution in [0.4, 0.5) is 5.69 Å². The first-order valence-corrected chi connectivity index (χ1v) is 9.06. The largest absolute Gasteiger partial charge is 0.462 e. The average Bonchev–Trinajstić information content (AvgIpc) is 3.23. The van der Waals surface area contributed by atoms with Crippen LogP contribution >= 0.6 is 11.3 Å². The van der Waals surface area contributed by atoms with Crippen molar-refractivity contribution in [2.75, 3.05) is 11.4 Å². The summed E-state index contributed by atoms with van der Waals surface area (Å²) < 4.78 is 5.37. The molecule has 0 saturated heterocycles. The highest BCUT2D eigenvalue weighted by molar-refractivity contribution is 7.13. The van der Waals surface area contributed by atoms with E-state index < -0.39 is 0 Å². The minimum absolute atomic E-state index is 0.112. The van der Waals surface area contributed by atoms with Gasteiger partial charge in [0.15, 0.2) is 10.8 Å². The van der Waals surface area contributed by atoms with Crippen molar-refractivity contribution >= 4 is 22.9 Å². The third-order valence-electron chi connectivity index (χ3n) is 4.28. The molecule has 3 heterocycles. The number of carbonyl (C=O) groups is 1. The summed E-state index contributed by atoms with van der Waals surface area (Å²) in [4.78, 5) is 19.3. The van der Waals surface area contributed by atoms with E-state index in [1.807, 2.05) is 40.6 Å². The Bertz CT molecular complexity index is 839. The van der Waals surface area contributed by atoms with Gasteiger partial charge in [-0.15, -0.1) is 11.3 Å². The maximum atomic E-state index is 12.8. The SMILES string of the molecule is O=C(Cc1csc(-c2ccco2)n1)N1CCCCc2ccccc21. The van der Waals surface area contributed by atoms with Crippen LogP contribution in [0.1, 0.15) is 24.1 Å². The Balaban J connectivity index is 1.54. The van der Waals surface area contributed by atoms with Crippen molar-refractivity contribution < 1.29 is 9.21 Å². The Hall–Kier alpha value is -2.40. The summed E-state index contributed by atoms with van der Waals surface area (Å²) in [5, 5.41) is 2.76. The normalized spacial score (nSPS) is 14.2. The molecule has 0 radical (unpaired) electrons. The lowest BCUT2D eigenvalue weighted by atomic mass is 10.1. The van der Waals surface area contributed by atoms with Crippen LogP contribution in [0.5, 0.6) is 0 Å². The molecule has 0 aliphatic carbocycles. The molecule has 0 spiro atoms. The molecule has 4 rings (SSSR count). The second-order valence-corrected chi connectivity index (χ2v) is 6.79. The molecule has 3 aromatic rings. The van der Waals surface area contributed by atoms with E-state index in [1.54, 1.807) is 6.26 Å². The van der Waals surface area contributed by atoms with E-state index in [0.717, 1.165) is 48.0 Å². The van der Waals surface area contributed by atoms with Crippen LogP contribution in [-0.2, 0) is 17.6 Å². The average molecular weight is 338 g/mol. The molecule has 2 aromatic heterocycles. The van der Waals surface area contributed by atoms with Gasteiger partial charge in [0, 0.05) is 17.6 Å². The highest BCUT2D eigenvalue weighted by atomic mass is 32.1. The van der Waals surface area contributed by atoms with Crippen molar-refractivity contribution in [3.63, 3.8) is 0 Å². The third kappa shape index (κ3) is 2.99. The van der Waals surface area contributed by atoms with Crippen molar-refractivity contribution in [3.8, 4) is 10.8 Å². The van der Waals surface area contributed by atoms with Gasteiger partial charge < -0.3 is 9.32 Å². The van der Waals surface area contributed by atoms with Crippen molar-refractivity contribution in [3.05, 3.63) is 59.3 Å². The molecular formula is C19H18N2O2S. The number of rotatable bonds is 3. The summed E-state index contributed by atoms with van der Waals surface area (Å²) in [6, 6.07) is 11.9. The maximum Gasteiger partial charge on any atom is 0.233 e. The van der Waals surface area contributed by atoms with Crippen LogP contribution in [-0.4, -0.2) is 17.4 Å². The van der Waals surface area contributed by atoms with Gasteiger partial charge in [-0.05, 0) is 43.0 Å². The zero-order chi connectivity index (χ0) is 16.4. The van der Waals surface area contributed by atoms with Crippen LogP contribution in [0.3, 0.4) is 0 Å². The van der Waals surface area contributed by atoms with E-state index in [1.165, 1.54) is 16.9 Å². The molecule has 0 N–H and O–H groups in total. The number of amides is 1. The van der Waals surface area contributed by atoms with Crippen LogP contribution in [0.15, 0.2) is 52.5 Å². The quantitative estimate of drug-likeness (QED) is 0.715. The molecule has 0 fully saturated rings. The number of benzene rings is 1. The minimum Gasteiger partial charge on any atom is -0.462 e. The lowest BCUT2D eigenvalue weighted by molar-refractivity contribution is -0.118. The lowest BCUT2D eigenvalue weighted by Gasteiger charge is -2.22. The van der Waals surface area contributed by atoms with E-state index in [0.29, 0.717) is 6.42 Å². The molecule has 122 valence electrons. The van der Waals surface area contributed by atoms with Gasteiger partial charge in [0.2, 0.25) is 5.91 Å². The first-order chi connectivity index (χ1) is 11.8. The minimum atomic E-state index is 0.112. The third-order valence-corrected chi connectivity index (χ3v) is 5.18. The second kappa shape index (κ2) is 6.61. The van der Waals surface area contributed by atoms with E-state index in [-0.39, 0.29) is 5.91 Å². The van der Waals surface area contributed by atoms with Gasteiger partial charge in [0.25, 0.3) is 0 Å². The summed E-state index contributed by atoms with van der Waals surface area (Å²) in [6.07, 6.45) is 5.16. The van der Waals surface area contributed by atoms with Gasteiger partial charge in [0.1, 0.15) is 0 Å². The van der Waals surface area contributed by atoms with Crippen molar-refractivity contribution in [2.45, 2.75) is 25.7 Å². The predicted molar refractivity (Wildman–Crippen MR) is 95.3 cm³/mol. The first-order valence-electron chi connectivity index (χ1n) is 8.18. The second-order valence-electron chi connectivity index (χ2n) is 5.93. The van der Waals surface area contributed by atoms with Crippen LogP contribution in [0.25, 0.3) is 10.8 Å². The summed E-state index contributed by atoms with van der Waals surface area (Å²) in [7, 11) is 0. The number of thiazole rings is 1. The fourth-order valence-corrected chi connectivity index (χ4v) is 3.89. The number of aromatic nitrogens is 1. The standard InChI is InChI=1S/C19H18N2O2S/c22-18(12-15-13-24-19(20-15)17-9-5-11-23-17)21-10-4-3-7-14-6-1-2-8-16(14)21/h1-2,5-6,8-9,11,13H,3-4,7,10,12H2. The number of carbonyl (C=O) groups excluding carboxylic acids is 1. The summed E-state index contributed by atoms with van der Waals surface area (Å²) in [5.74, 6) is 0.861. The van der Waals surface area contributed by atoms with Gasteiger partial charge >= 0.3 is 0 Å². The van der Waals surface area contributed by atoms with Crippen LogP contribution in [0, 0.1) is 0 Å². The van der Waals surface area contributed by atoms with E-state index in [2.05, 4.69) is 11.1 Å². The molecular weight excluding hydrogens is 320 g/mol. The maximum absolute atomic E-state index is 12.8. The number of aryl methyl sites for hydroxylation is 1. The lowest BCUT2D eigenvalue weighted by Crippen LogP contribution is -2.33. The Labute approximate surface area is 144 Å². The monoisotopic (exact) mass is 338 g/mol. The van der Waals surface area contributed by atoms with Gasteiger partial charge in [0.05, 0.1) is 18.4 Å².